The number of nitrogens with zero attached hydrogens (tertiary/aromatic N) is 1. The normalized spacial score (nSPS) is 19.1. The molecule has 0 bridgehead atoms. The molecule has 3 heterocycles. The predicted octanol–water partition coefficient (Wildman–Crippen LogP) is 5.11. The topological polar surface area (TPSA) is 59.0 Å². The summed E-state index contributed by atoms with van der Waals surface area (Å²) in [5.41, 5.74) is -1.85. The van der Waals surface area contributed by atoms with E-state index in [1.165, 1.54) is 22.7 Å². The van der Waals surface area contributed by atoms with Crippen LogP contribution < -0.4 is 4.74 Å². The van der Waals surface area contributed by atoms with E-state index in [0.717, 1.165) is 31.7 Å². The number of thiophene rings is 2. The van der Waals surface area contributed by atoms with Gasteiger partial charge in [0.25, 0.3) is 0 Å². The summed E-state index contributed by atoms with van der Waals surface area (Å²) in [7, 11) is 0. The highest BCUT2D eigenvalue weighted by Gasteiger charge is 2.46. The SMILES string of the molecule is O=C(O[C@@H]1CN(CCCOc2ccccc2)CCC1CCF)C(O)(c1cccs1)c1cccs1. The molecule has 5 nitrogen and oxygen atoms in total. The smallest absolute Gasteiger partial charge is 0.349 e. The van der Waals surface area contributed by atoms with Crippen molar-refractivity contribution in [3.8, 4) is 5.75 Å². The van der Waals surface area contributed by atoms with Crippen molar-refractivity contribution in [3.05, 3.63) is 75.1 Å². The second-order valence-electron chi connectivity index (χ2n) is 8.45. The molecule has 1 unspecified atom stereocenters. The van der Waals surface area contributed by atoms with Gasteiger partial charge in [0.15, 0.2) is 0 Å². The van der Waals surface area contributed by atoms with E-state index in [1.54, 1.807) is 24.3 Å². The van der Waals surface area contributed by atoms with Gasteiger partial charge in [-0.15, -0.1) is 22.7 Å². The number of esters is 1. The van der Waals surface area contributed by atoms with Crippen molar-refractivity contribution >= 4 is 28.6 Å². The van der Waals surface area contributed by atoms with Gasteiger partial charge in [0.1, 0.15) is 11.9 Å². The molecule has 4 rings (SSSR count). The van der Waals surface area contributed by atoms with Crippen molar-refractivity contribution in [2.45, 2.75) is 31.0 Å². The third-order valence-electron chi connectivity index (χ3n) is 6.20. The second kappa shape index (κ2) is 11.9. The van der Waals surface area contributed by atoms with E-state index < -0.39 is 24.3 Å². The number of aliphatic hydroxyl groups is 1. The Morgan fingerprint density at radius 3 is 2.41 bits per heavy atom. The lowest BCUT2D eigenvalue weighted by atomic mass is 9.90. The van der Waals surface area contributed by atoms with Gasteiger partial charge in [-0.05, 0) is 60.8 Å². The average molecular weight is 504 g/mol. The lowest BCUT2D eigenvalue weighted by Crippen LogP contribution is -2.49. The van der Waals surface area contributed by atoms with E-state index in [-0.39, 0.29) is 5.92 Å². The second-order valence-corrected chi connectivity index (χ2v) is 10.3. The fraction of sp³-hybridized carbons (Fsp3) is 0.423. The quantitative estimate of drug-likeness (QED) is 0.291. The molecule has 34 heavy (non-hydrogen) atoms. The minimum absolute atomic E-state index is 0.0679. The Labute approximate surface area is 207 Å². The third kappa shape index (κ3) is 5.86. The molecule has 0 aliphatic carbocycles. The number of hydrogen-bond acceptors (Lipinski definition) is 7. The molecule has 3 aromatic rings. The number of rotatable bonds is 11. The first kappa shape index (κ1) is 24.9. The van der Waals surface area contributed by atoms with E-state index in [1.807, 2.05) is 41.1 Å². The molecule has 8 heteroatoms. The summed E-state index contributed by atoms with van der Waals surface area (Å²) in [6.07, 6.45) is 1.45. The Morgan fingerprint density at radius 1 is 1.09 bits per heavy atom. The maximum atomic E-state index is 13.4. The van der Waals surface area contributed by atoms with E-state index in [4.69, 9.17) is 9.47 Å². The Morgan fingerprint density at radius 2 is 1.79 bits per heavy atom. The number of ether oxygens (including phenoxy) is 2. The summed E-state index contributed by atoms with van der Waals surface area (Å²) in [5.74, 6) is 0.0830. The van der Waals surface area contributed by atoms with Gasteiger partial charge in [-0.3, -0.25) is 9.29 Å². The van der Waals surface area contributed by atoms with Crippen LogP contribution in [-0.4, -0.2) is 55.0 Å². The van der Waals surface area contributed by atoms with Crippen molar-refractivity contribution in [2.75, 3.05) is 32.9 Å². The zero-order valence-electron chi connectivity index (χ0n) is 19.0. The van der Waals surface area contributed by atoms with Crippen molar-refractivity contribution in [1.82, 2.24) is 4.90 Å². The summed E-state index contributed by atoms with van der Waals surface area (Å²) in [6, 6.07) is 16.8. The van der Waals surface area contributed by atoms with Crippen LogP contribution in [0.3, 0.4) is 0 Å². The summed E-state index contributed by atoms with van der Waals surface area (Å²) in [4.78, 5) is 16.7. The highest BCUT2D eigenvalue weighted by molar-refractivity contribution is 7.12. The Kier molecular flexibility index (Phi) is 8.72. The van der Waals surface area contributed by atoms with Gasteiger partial charge in [-0.2, -0.15) is 0 Å². The number of piperidine rings is 1. The van der Waals surface area contributed by atoms with Crippen LogP contribution in [0.4, 0.5) is 4.39 Å². The number of carbonyl (C=O) groups is 1. The third-order valence-corrected chi connectivity index (χ3v) is 8.16. The maximum Gasteiger partial charge on any atom is 0.349 e. The predicted molar refractivity (Wildman–Crippen MR) is 133 cm³/mol. The summed E-state index contributed by atoms with van der Waals surface area (Å²) >= 11 is 2.63. The number of carbonyl (C=O) groups excluding carboxylic acids is 1. The highest BCUT2D eigenvalue weighted by Crippen LogP contribution is 2.38. The van der Waals surface area contributed by atoms with Gasteiger partial charge in [-0.1, -0.05) is 30.3 Å². The molecule has 0 spiro atoms. The Balaban J connectivity index is 1.39. The molecule has 2 aromatic heterocycles. The number of hydrogen-bond donors (Lipinski definition) is 1. The highest BCUT2D eigenvalue weighted by atomic mass is 32.1. The summed E-state index contributed by atoms with van der Waals surface area (Å²) in [6.45, 7) is 2.28. The Hall–Kier alpha value is -2.26. The largest absolute Gasteiger partial charge is 0.494 e. The zero-order chi connectivity index (χ0) is 23.8. The van der Waals surface area contributed by atoms with Crippen LogP contribution in [0.15, 0.2) is 65.4 Å². The molecule has 1 fully saturated rings. The average Bonchev–Trinajstić information content (AvgIpc) is 3.59. The fourth-order valence-electron chi connectivity index (χ4n) is 4.35. The molecule has 1 aliphatic rings. The van der Waals surface area contributed by atoms with E-state index >= 15 is 0 Å². The molecule has 0 saturated carbocycles. The van der Waals surface area contributed by atoms with Crippen molar-refractivity contribution < 1.29 is 23.8 Å². The standard InChI is InChI=1S/C26H30FNO4S2/c27-13-11-20-12-15-28(14-6-16-31-21-7-2-1-3-8-21)19-22(20)32-25(29)26(30,23-9-4-17-33-23)24-10-5-18-34-24/h1-5,7-10,17-18,20,22,30H,6,11-16,19H2/t20?,22-/m1/s1. The minimum Gasteiger partial charge on any atom is -0.494 e. The van der Waals surface area contributed by atoms with E-state index in [0.29, 0.717) is 29.3 Å². The van der Waals surface area contributed by atoms with Crippen molar-refractivity contribution in [2.24, 2.45) is 5.92 Å². The van der Waals surface area contributed by atoms with Crippen LogP contribution in [0.1, 0.15) is 29.0 Å². The molecule has 182 valence electrons. The van der Waals surface area contributed by atoms with Gasteiger partial charge in [0.2, 0.25) is 5.60 Å². The van der Waals surface area contributed by atoms with Gasteiger partial charge >= 0.3 is 5.97 Å². The van der Waals surface area contributed by atoms with Gasteiger partial charge in [-0.25, -0.2) is 4.79 Å². The molecule has 1 aromatic carbocycles. The van der Waals surface area contributed by atoms with Crippen LogP contribution in [0.5, 0.6) is 5.75 Å². The van der Waals surface area contributed by atoms with E-state index in [2.05, 4.69) is 4.90 Å². The van der Waals surface area contributed by atoms with Gasteiger partial charge in [0.05, 0.1) is 23.0 Å². The first-order valence-corrected chi connectivity index (χ1v) is 13.3. The lowest BCUT2D eigenvalue weighted by Gasteiger charge is -2.39. The number of likely N-dealkylation sites (tertiary alicyclic amines) is 1. The van der Waals surface area contributed by atoms with Crippen LogP contribution in [0, 0.1) is 5.92 Å². The van der Waals surface area contributed by atoms with Gasteiger partial charge in [0, 0.05) is 19.0 Å². The molecule has 2 atom stereocenters. The first-order valence-electron chi connectivity index (χ1n) is 11.6. The van der Waals surface area contributed by atoms with Crippen LogP contribution >= 0.6 is 22.7 Å². The molecule has 1 saturated heterocycles. The van der Waals surface area contributed by atoms with Crippen LogP contribution in [0.25, 0.3) is 0 Å². The van der Waals surface area contributed by atoms with Gasteiger partial charge < -0.3 is 14.6 Å². The maximum absolute atomic E-state index is 13.4. The molecule has 0 radical (unpaired) electrons. The van der Waals surface area contributed by atoms with Crippen molar-refractivity contribution in [3.63, 3.8) is 0 Å². The number of halogens is 1. The van der Waals surface area contributed by atoms with E-state index in [9.17, 15) is 14.3 Å². The summed E-state index contributed by atoms with van der Waals surface area (Å²) < 4.78 is 25.0. The molecule has 1 N–H and O–H groups in total. The summed E-state index contributed by atoms with van der Waals surface area (Å²) in [5, 5.41) is 15.2. The number of alkyl halides is 1. The molecule has 1 aliphatic heterocycles. The monoisotopic (exact) mass is 503 g/mol. The molecular formula is C26H30FNO4S2. The fourth-order valence-corrected chi connectivity index (χ4v) is 6.06. The van der Waals surface area contributed by atoms with Crippen LogP contribution in [-0.2, 0) is 15.1 Å². The molecular weight excluding hydrogens is 473 g/mol. The van der Waals surface area contributed by atoms with Crippen molar-refractivity contribution in [1.29, 1.82) is 0 Å². The number of benzene rings is 1. The first-order chi connectivity index (χ1) is 16.6. The lowest BCUT2D eigenvalue weighted by molar-refractivity contribution is -0.173. The molecule has 0 amide bonds. The van der Waals surface area contributed by atoms with Crippen LogP contribution in [0.2, 0.25) is 0 Å². The minimum atomic E-state index is -1.85. The number of para-hydroxylation sites is 1. The zero-order valence-corrected chi connectivity index (χ0v) is 20.6. The Bertz CT molecular complexity index is 963.